The Bertz CT molecular complexity index is 1030. The first-order valence-corrected chi connectivity index (χ1v) is 11.3. The van der Waals surface area contributed by atoms with Crippen LogP contribution in [0.15, 0.2) is 65.8 Å². The smallest absolute Gasteiger partial charge is 0.338 e. The maximum atomic E-state index is 12.9. The van der Waals surface area contributed by atoms with Crippen molar-refractivity contribution < 1.29 is 23.7 Å². The van der Waals surface area contributed by atoms with Crippen molar-refractivity contribution in [1.82, 2.24) is 0 Å². The Hall–Kier alpha value is -2.52. The molecule has 1 N–H and O–H groups in total. The van der Waals surface area contributed by atoms with Crippen LogP contribution in [0.4, 0.5) is 0 Å². The highest BCUT2D eigenvalue weighted by atomic mass is 35.6. The van der Waals surface area contributed by atoms with Gasteiger partial charge in [0.2, 0.25) is 12.2 Å². The van der Waals surface area contributed by atoms with Gasteiger partial charge in [0.25, 0.3) is 3.79 Å². The highest BCUT2D eigenvalue weighted by molar-refractivity contribution is 6.76. The monoisotopic (exact) mass is 526 g/mol. The molecule has 0 aromatic heterocycles. The van der Waals surface area contributed by atoms with Gasteiger partial charge in [0.15, 0.2) is 6.10 Å². The number of carbonyl (C=O) groups is 1. The molecule has 0 saturated carbocycles. The predicted octanol–water partition coefficient (Wildman–Crippen LogP) is 5.59. The number of esters is 1. The summed E-state index contributed by atoms with van der Waals surface area (Å²) in [4.78, 5) is 15.8. The van der Waals surface area contributed by atoms with Crippen molar-refractivity contribution in [3.8, 4) is 0 Å². The van der Waals surface area contributed by atoms with E-state index in [1.54, 1.807) is 37.3 Å². The molecule has 1 aliphatic heterocycles. The second-order valence-corrected chi connectivity index (χ2v) is 9.63. The van der Waals surface area contributed by atoms with Crippen LogP contribution in [0.1, 0.15) is 22.8 Å². The van der Waals surface area contributed by atoms with E-state index >= 15 is 0 Å². The van der Waals surface area contributed by atoms with Gasteiger partial charge in [-0.1, -0.05) is 88.4 Å². The Kier molecular flexibility index (Phi) is 9.02. The molecule has 1 fully saturated rings. The van der Waals surface area contributed by atoms with E-state index in [0.717, 1.165) is 5.56 Å². The van der Waals surface area contributed by atoms with Crippen molar-refractivity contribution in [1.29, 1.82) is 5.41 Å². The van der Waals surface area contributed by atoms with Crippen LogP contribution < -0.4 is 0 Å². The third-order valence-electron chi connectivity index (χ3n) is 4.97. The summed E-state index contributed by atoms with van der Waals surface area (Å²) in [5.41, 5.74) is 10.2. The number of benzene rings is 2. The van der Waals surface area contributed by atoms with E-state index in [2.05, 4.69) is 10.0 Å². The van der Waals surface area contributed by atoms with E-state index in [-0.39, 0.29) is 12.2 Å². The van der Waals surface area contributed by atoms with Crippen LogP contribution in [-0.4, -0.2) is 46.3 Å². The maximum absolute atomic E-state index is 12.9. The van der Waals surface area contributed by atoms with Gasteiger partial charge in [-0.15, -0.1) is 0 Å². The molecule has 2 aromatic carbocycles. The fourth-order valence-corrected chi connectivity index (χ4v) is 3.47. The molecule has 0 radical (unpaired) electrons. The summed E-state index contributed by atoms with van der Waals surface area (Å²) in [6.45, 7) is 1.74. The van der Waals surface area contributed by atoms with Crippen molar-refractivity contribution in [3.63, 3.8) is 0 Å². The van der Waals surface area contributed by atoms with E-state index in [4.69, 9.17) is 64.7 Å². The topological polar surface area (TPSA) is 127 Å². The van der Waals surface area contributed by atoms with E-state index in [1.807, 2.05) is 30.3 Å². The summed E-state index contributed by atoms with van der Waals surface area (Å²) in [6.07, 6.45) is -4.38. The van der Waals surface area contributed by atoms with Crippen LogP contribution in [0, 0.1) is 5.41 Å². The Balaban J connectivity index is 1.94. The zero-order valence-corrected chi connectivity index (χ0v) is 20.2. The Morgan fingerprint density at radius 2 is 1.71 bits per heavy atom. The van der Waals surface area contributed by atoms with E-state index < -0.39 is 46.3 Å². The highest BCUT2D eigenvalue weighted by Crippen LogP contribution is 2.34. The molecule has 0 amide bonds. The Labute approximate surface area is 210 Å². The third kappa shape index (κ3) is 6.76. The minimum Gasteiger partial charge on any atom is -0.449 e. The average molecular weight is 528 g/mol. The highest BCUT2D eigenvalue weighted by Gasteiger charge is 2.50. The third-order valence-corrected chi connectivity index (χ3v) is 5.49. The number of hydrogen-bond donors (Lipinski definition) is 1. The minimum absolute atomic E-state index is 0.115. The van der Waals surface area contributed by atoms with Crippen LogP contribution in [-0.2, 0) is 25.6 Å². The molecule has 3 rings (SSSR count). The first kappa shape index (κ1) is 26.1. The van der Waals surface area contributed by atoms with Crippen molar-refractivity contribution in [2.45, 2.75) is 48.0 Å². The summed E-state index contributed by atoms with van der Waals surface area (Å²) >= 11 is 17.3. The molecule has 0 spiro atoms. The molecular weight excluding hydrogens is 507 g/mol. The van der Waals surface area contributed by atoms with E-state index in [1.165, 1.54) is 0 Å². The zero-order valence-electron chi connectivity index (χ0n) is 17.9. The van der Waals surface area contributed by atoms with Gasteiger partial charge < -0.3 is 18.9 Å². The van der Waals surface area contributed by atoms with Gasteiger partial charge in [-0.2, -0.15) is 0 Å². The number of halogens is 3. The summed E-state index contributed by atoms with van der Waals surface area (Å²) in [5.74, 6) is -1.44. The number of carbonyl (C=O) groups excluding carboxylic acids is 1. The first-order valence-electron chi connectivity index (χ1n) is 10.1. The molecule has 1 saturated heterocycles. The number of nitrogens with zero attached hydrogens (tertiary/aromatic N) is 3. The fourth-order valence-electron chi connectivity index (χ4n) is 3.33. The Morgan fingerprint density at radius 1 is 1.09 bits per heavy atom. The number of alkyl halides is 3. The van der Waals surface area contributed by atoms with Gasteiger partial charge in [-0.25, -0.2) is 4.79 Å². The molecule has 1 heterocycles. The molecule has 9 nitrogen and oxygen atoms in total. The molecule has 2 aromatic rings. The second-order valence-electron chi connectivity index (χ2n) is 7.35. The quantitative estimate of drug-likeness (QED) is 0.0955. The van der Waals surface area contributed by atoms with Crippen molar-refractivity contribution in [2.75, 3.05) is 0 Å². The van der Waals surface area contributed by atoms with Crippen LogP contribution in [0.25, 0.3) is 10.4 Å². The number of hydrogen-bond acceptors (Lipinski definition) is 7. The summed E-state index contributed by atoms with van der Waals surface area (Å²) < 4.78 is 20.9. The molecule has 180 valence electrons. The summed E-state index contributed by atoms with van der Waals surface area (Å²) in [6, 6.07) is 16.6. The molecule has 0 bridgehead atoms. The normalized spacial score (nSPS) is 24.5. The van der Waals surface area contributed by atoms with Crippen molar-refractivity contribution in [2.24, 2.45) is 5.11 Å². The van der Waals surface area contributed by atoms with Crippen molar-refractivity contribution in [3.05, 3.63) is 82.2 Å². The summed E-state index contributed by atoms with van der Waals surface area (Å²) in [7, 11) is 0. The van der Waals surface area contributed by atoms with Gasteiger partial charge in [0.05, 0.1) is 24.3 Å². The lowest BCUT2D eigenvalue weighted by molar-refractivity contribution is -0.253. The van der Waals surface area contributed by atoms with Crippen LogP contribution in [0.5, 0.6) is 0 Å². The van der Waals surface area contributed by atoms with Gasteiger partial charge in [-0.05, 0) is 30.2 Å². The van der Waals surface area contributed by atoms with Crippen LogP contribution in [0.2, 0.25) is 0 Å². The Morgan fingerprint density at radius 3 is 2.29 bits per heavy atom. The van der Waals surface area contributed by atoms with E-state index in [0.29, 0.717) is 0 Å². The van der Waals surface area contributed by atoms with Gasteiger partial charge >= 0.3 is 5.97 Å². The SMILES string of the molecule is C[C@H]1OC(OC(=N)C(Cl)(Cl)Cl)[C@H](OC(=O)c2ccccc2)[C@@H](OCc2ccccc2)[C@@H]1N=[N+]=[N-]. The molecule has 34 heavy (non-hydrogen) atoms. The zero-order chi connectivity index (χ0) is 24.7. The molecule has 0 aliphatic carbocycles. The van der Waals surface area contributed by atoms with Gasteiger partial charge in [0, 0.05) is 4.91 Å². The number of azide groups is 1. The van der Waals surface area contributed by atoms with Crippen LogP contribution in [0.3, 0.4) is 0 Å². The first-order chi connectivity index (χ1) is 16.2. The van der Waals surface area contributed by atoms with E-state index in [9.17, 15) is 4.79 Å². The molecular formula is C22H21Cl3N4O5. The largest absolute Gasteiger partial charge is 0.449 e. The average Bonchev–Trinajstić information content (AvgIpc) is 2.82. The predicted molar refractivity (Wildman–Crippen MR) is 127 cm³/mol. The van der Waals surface area contributed by atoms with Gasteiger partial charge in [-0.3, -0.25) is 5.41 Å². The van der Waals surface area contributed by atoms with Crippen molar-refractivity contribution >= 4 is 46.7 Å². The summed E-state index contributed by atoms with van der Waals surface area (Å²) in [5, 5.41) is 11.8. The molecule has 5 atom stereocenters. The standard InChI is InChI=1S/C22H21Cl3N4O5/c1-13-16(28-29-27)17(31-12-14-8-4-2-5-9-14)18(20(32-13)34-21(26)22(23,24)25)33-19(30)15-10-6-3-7-11-15/h2-11,13,16-18,20,26H,12H2,1H3/t13-,16-,17+,18-,20?/m1/s1. The lowest BCUT2D eigenvalue weighted by Gasteiger charge is -2.43. The minimum atomic E-state index is -2.18. The maximum Gasteiger partial charge on any atom is 0.338 e. The second kappa shape index (κ2) is 11.8. The lowest BCUT2D eigenvalue weighted by atomic mass is 9.97. The molecule has 12 heteroatoms. The number of rotatable bonds is 7. The number of nitrogens with one attached hydrogen (secondary N) is 1. The number of ether oxygens (including phenoxy) is 4. The van der Waals surface area contributed by atoms with Gasteiger partial charge in [0.1, 0.15) is 6.10 Å². The molecule has 1 unspecified atom stereocenters. The fraction of sp³-hybridized carbons (Fsp3) is 0.364. The van der Waals surface area contributed by atoms with Crippen LogP contribution >= 0.6 is 34.8 Å². The molecule has 1 aliphatic rings. The lowest BCUT2D eigenvalue weighted by Crippen LogP contribution is -2.59.